The third-order valence-electron chi connectivity index (χ3n) is 2.45. The van der Waals surface area contributed by atoms with Crippen molar-refractivity contribution in [3.63, 3.8) is 0 Å². The molecule has 0 spiro atoms. The number of hydrogen-bond donors (Lipinski definition) is 3. The van der Waals surface area contributed by atoms with Crippen LogP contribution < -0.4 is 11.1 Å². The Balaban J connectivity index is 2.67. The van der Waals surface area contributed by atoms with Crippen LogP contribution in [0.2, 0.25) is 0 Å². The number of nitrogens with one attached hydrogen (secondary N) is 1. The fourth-order valence-electron chi connectivity index (χ4n) is 1.46. The molecule has 2 unspecified atom stereocenters. The molecular weight excluding hydrogens is 220 g/mol. The summed E-state index contributed by atoms with van der Waals surface area (Å²) in [6, 6.07) is 7.82. The molecule has 4 N–H and O–H groups in total. The van der Waals surface area contributed by atoms with Crippen LogP contribution in [0.25, 0.3) is 0 Å². The summed E-state index contributed by atoms with van der Waals surface area (Å²) in [5, 5.41) is 11.5. The van der Waals surface area contributed by atoms with Gasteiger partial charge in [0.2, 0.25) is 5.91 Å². The lowest BCUT2D eigenvalue weighted by atomic mass is 10.0. The van der Waals surface area contributed by atoms with Gasteiger partial charge in [-0.3, -0.25) is 14.9 Å². The Labute approximate surface area is 99.6 Å². The monoisotopic (exact) mass is 236 g/mol. The van der Waals surface area contributed by atoms with Crippen molar-refractivity contribution in [2.75, 3.05) is 0 Å². The maximum absolute atomic E-state index is 11.2. The zero-order chi connectivity index (χ0) is 12.8. The third kappa shape index (κ3) is 4.24. The van der Waals surface area contributed by atoms with E-state index in [0.29, 0.717) is 6.42 Å². The molecule has 92 valence electrons. The van der Waals surface area contributed by atoms with E-state index < -0.39 is 24.0 Å². The second kappa shape index (κ2) is 6.00. The van der Waals surface area contributed by atoms with E-state index in [2.05, 4.69) is 5.32 Å². The molecule has 0 radical (unpaired) electrons. The van der Waals surface area contributed by atoms with Crippen molar-refractivity contribution in [3.05, 3.63) is 35.9 Å². The molecule has 0 heterocycles. The highest BCUT2D eigenvalue weighted by Gasteiger charge is 2.21. The quantitative estimate of drug-likeness (QED) is 0.655. The van der Waals surface area contributed by atoms with Crippen molar-refractivity contribution >= 4 is 11.9 Å². The summed E-state index contributed by atoms with van der Waals surface area (Å²) in [7, 11) is 0. The second-order valence-corrected chi connectivity index (χ2v) is 3.87. The van der Waals surface area contributed by atoms with Crippen LogP contribution in [0.15, 0.2) is 30.3 Å². The minimum atomic E-state index is -1.01. The number of hydrogen-bond acceptors (Lipinski definition) is 3. The first-order valence-electron chi connectivity index (χ1n) is 5.33. The largest absolute Gasteiger partial charge is 0.480 e. The molecule has 0 aliphatic heterocycles. The Morgan fingerprint density at radius 3 is 2.41 bits per heavy atom. The van der Waals surface area contributed by atoms with Crippen molar-refractivity contribution in [1.82, 2.24) is 5.32 Å². The molecule has 0 fully saturated rings. The summed E-state index contributed by atoms with van der Waals surface area (Å²) >= 11 is 0. The molecule has 1 aromatic carbocycles. The summed E-state index contributed by atoms with van der Waals surface area (Å²) in [6.45, 7) is 1.48. The fourth-order valence-corrected chi connectivity index (χ4v) is 1.46. The summed E-state index contributed by atoms with van der Waals surface area (Å²) in [5.41, 5.74) is 6.17. The first kappa shape index (κ1) is 13.2. The lowest BCUT2D eigenvalue weighted by Crippen LogP contribution is -2.49. The van der Waals surface area contributed by atoms with E-state index >= 15 is 0 Å². The zero-order valence-electron chi connectivity index (χ0n) is 9.59. The van der Waals surface area contributed by atoms with Crippen molar-refractivity contribution in [2.45, 2.75) is 25.4 Å². The number of carbonyl (C=O) groups excluding carboxylic acids is 1. The Morgan fingerprint density at radius 1 is 1.35 bits per heavy atom. The highest BCUT2D eigenvalue weighted by Crippen LogP contribution is 2.03. The van der Waals surface area contributed by atoms with Gasteiger partial charge in [0.25, 0.3) is 0 Å². The summed E-state index contributed by atoms with van der Waals surface area (Å²) in [5.74, 6) is -1.56. The van der Waals surface area contributed by atoms with Gasteiger partial charge in [-0.15, -0.1) is 0 Å². The van der Waals surface area contributed by atoms with E-state index in [1.807, 2.05) is 30.3 Å². The molecule has 0 bridgehead atoms. The van der Waals surface area contributed by atoms with E-state index in [9.17, 15) is 9.59 Å². The number of amides is 1. The van der Waals surface area contributed by atoms with E-state index in [0.717, 1.165) is 5.56 Å². The van der Waals surface area contributed by atoms with Gasteiger partial charge in [-0.05, 0) is 18.9 Å². The average Bonchev–Trinajstić information content (AvgIpc) is 2.29. The van der Waals surface area contributed by atoms with Crippen molar-refractivity contribution < 1.29 is 14.7 Å². The van der Waals surface area contributed by atoms with Crippen molar-refractivity contribution in [2.24, 2.45) is 5.73 Å². The average molecular weight is 236 g/mol. The van der Waals surface area contributed by atoms with E-state index in [-0.39, 0.29) is 0 Å². The number of carboxylic acid groups (broad SMARTS) is 1. The van der Waals surface area contributed by atoms with Gasteiger partial charge in [0.15, 0.2) is 0 Å². The van der Waals surface area contributed by atoms with E-state index in [1.165, 1.54) is 6.92 Å². The van der Waals surface area contributed by atoms with E-state index in [1.54, 1.807) is 0 Å². The van der Waals surface area contributed by atoms with Gasteiger partial charge < -0.3 is 10.8 Å². The van der Waals surface area contributed by atoms with Crippen LogP contribution in [0.4, 0.5) is 0 Å². The van der Waals surface area contributed by atoms with Gasteiger partial charge in [-0.1, -0.05) is 30.3 Å². The maximum Gasteiger partial charge on any atom is 0.320 e. The van der Waals surface area contributed by atoms with Crippen LogP contribution in [0.1, 0.15) is 12.5 Å². The van der Waals surface area contributed by atoms with Crippen LogP contribution in [0.3, 0.4) is 0 Å². The molecule has 5 nitrogen and oxygen atoms in total. The summed E-state index contributed by atoms with van der Waals surface area (Å²) < 4.78 is 0. The molecule has 0 saturated heterocycles. The Morgan fingerprint density at radius 2 is 1.94 bits per heavy atom. The summed E-state index contributed by atoms with van der Waals surface area (Å²) in [4.78, 5) is 21.9. The third-order valence-corrected chi connectivity index (χ3v) is 2.45. The molecule has 17 heavy (non-hydrogen) atoms. The molecule has 2 atom stereocenters. The Hall–Kier alpha value is -1.88. The molecule has 0 aliphatic carbocycles. The van der Waals surface area contributed by atoms with Gasteiger partial charge in [-0.2, -0.15) is 0 Å². The lowest BCUT2D eigenvalue weighted by Gasteiger charge is -2.18. The Kier molecular flexibility index (Phi) is 4.66. The molecule has 0 aliphatic rings. The molecule has 1 amide bonds. The van der Waals surface area contributed by atoms with Crippen LogP contribution >= 0.6 is 0 Å². The van der Waals surface area contributed by atoms with Crippen molar-refractivity contribution in [1.29, 1.82) is 0 Å². The smallest absolute Gasteiger partial charge is 0.320 e. The molecular formula is C12H16N2O3. The highest BCUT2D eigenvalue weighted by molar-refractivity contribution is 5.81. The van der Waals surface area contributed by atoms with Crippen molar-refractivity contribution in [3.8, 4) is 0 Å². The first-order chi connectivity index (χ1) is 8.00. The number of carbonyl (C=O) groups is 2. The second-order valence-electron chi connectivity index (χ2n) is 3.87. The lowest BCUT2D eigenvalue weighted by molar-refractivity contribution is -0.139. The van der Waals surface area contributed by atoms with Gasteiger partial charge in [-0.25, -0.2) is 0 Å². The molecule has 0 saturated carbocycles. The number of rotatable bonds is 6. The van der Waals surface area contributed by atoms with Gasteiger partial charge in [0.05, 0.1) is 6.04 Å². The number of primary amides is 1. The standard InChI is InChI=1S/C12H16N2O3/c1-8(12(16)17)14-10(11(13)15)7-9-5-3-2-4-6-9/h2-6,8,10,14H,7H2,1H3,(H2,13,15)(H,16,17). The van der Waals surface area contributed by atoms with Gasteiger partial charge in [0, 0.05) is 0 Å². The maximum atomic E-state index is 11.2. The highest BCUT2D eigenvalue weighted by atomic mass is 16.4. The van der Waals surface area contributed by atoms with Crippen LogP contribution in [0.5, 0.6) is 0 Å². The Bertz CT molecular complexity index is 392. The molecule has 1 rings (SSSR count). The number of nitrogens with two attached hydrogens (primary N) is 1. The minimum absolute atomic E-state index is 0.383. The molecule has 0 aromatic heterocycles. The predicted molar refractivity (Wildman–Crippen MR) is 63.4 cm³/mol. The topological polar surface area (TPSA) is 92.4 Å². The first-order valence-corrected chi connectivity index (χ1v) is 5.33. The SMILES string of the molecule is CC(NC(Cc1ccccc1)C(N)=O)C(=O)O. The van der Waals surface area contributed by atoms with Crippen LogP contribution in [-0.2, 0) is 16.0 Å². The van der Waals surface area contributed by atoms with Crippen LogP contribution in [0, 0.1) is 0 Å². The minimum Gasteiger partial charge on any atom is -0.480 e. The fraction of sp³-hybridized carbons (Fsp3) is 0.333. The zero-order valence-corrected chi connectivity index (χ0v) is 9.59. The van der Waals surface area contributed by atoms with E-state index in [4.69, 9.17) is 10.8 Å². The number of benzene rings is 1. The normalized spacial score (nSPS) is 13.9. The van der Waals surface area contributed by atoms with Gasteiger partial charge >= 0.3 is 5.97 Å². The molecule has 5 heteroatoms. The van der Waals surface area contributed by atoms with Crippen LogP contribution in [-0.4, -0.2) is 29.1 Å². The predicted octanol–water partition coefficient (Wildman–Crippen LogP) is 0.146. The summed E-state index contributed by atoms with van der Waals surface area (Å²) in [6.07, 6.45) is 0.383. The molecule has 1 aromatic rings. The number of aliphatic carboxylic acids is 1. The van der Waals surface area contributed by atoms with Gasteiger partial charge in [0.1, 0.15) is 6.04 Å². The number of carboxylic acids is 1.